The maximum absolute atomic E-state index is 6.18. The molecule has 24 heavy (non-hydrogen) atoms. The van der Waals surface area contributed by atoms with Gasteiger partial charge in [-0.1, -0.05) is 60.7 Å². The van der Waals surface area contributed by atoms with Crippen molar-refractivity contribution in [1.82, 2.24) is 0 Å². The lowest BCUT2D eigenvalue weighted by molar-refractivity contribution is -0.190. The predicted molar refractivity (Wildman–Crippen MR) is 92.3 cm³/mol. The minimum Gasteiger partial charge on any atom is -0.370 e. The number of epoxide rings is 1. The van der Waals surface area contributed by atoms with Crippen LogP contribution in [0.5, 0.6) is 0 Å². The van der Waals surface area contributed by atoms with E-state index in [-0.39, 0.29) is 6.29 Å². The van der Waals surface area contributed by atoms with Gasteiger partial charge in [0.05, 0.1) is 25.4 Å². The van der Waals surface area contributed by atoms with Crippen LogP contribution in [0.4, 0.5) is 0 Å². The van der Waals surface area contributed by atoms with Gasteiger partial charge in [-0.05, 0) is 30.4 Å². The first-order chi connectivity index (χ1) is 11.9. The maximum atomic E-state index is 6.18. The zero-order valence-corrected chi connectivity index (χ0v) is 13.8. The van der Waals surface area contributed by atoms with E-state index in [4.69, 9.17) is 14.2 Å². The highest BCUT2D eigenvalue weighted by Gasteiger charge is 2.46. The Morgan fingerprint density at radius 2 is 1.38 bits per heavy atom. The highest BCUT2D eigenvalue weighted by molar-refractivity contribution is 5.14. The fourth-order valence-corrected chi connectivity index (χ4v) is 3.51. The molecule has 0 amide bonds. The van der Waals surface area contributed by atoms with Gasteiger partial charge in [0.2, 0.25) is 0 Å². The average Bonchev–Trinajstić information content (AvgIpc) is 3.42. The van der Waals surface area contributed by atoms with Gasteiger partial charge in [-0.3, -0.25) is 0 Å². The van der Waals surface area contributed by atoms with Crippen molar-refractivity contribution in [2.24, 2.45) is 5.92 Å². The minimum absolute atomic E-state index is 0.171. The van der Waals surface area contributed by atoms with Gasteiger partial charge in [-0.15, -0.1) is 0 Å². The van der Waals surface area contributed by atoms with Crippen LogP contribution in [0, 0.1) is 5.92 Å². The number of ether oxygens (including phenoxy) is 3. The molecule has 2 aliphatic rings. The first-order valence-electron chi connectivity index (χ1n) is 8.85. The van der Waals surface area contributed by atoms with Crippen molar-refractivity contribution in [3.8, 4) is 0 Å². The van der Waals surface area contributed by atoms with E-state index in [1.54, 1.807) is 0 Å². The second kappa shape index (κ2) is 7.47. The van der Waals surface area contributed by atoms with E-state index >= 15 is 0 Å². The van der Waals surface area contributed by atoms with Gasteiger partial charge in [-0.25, -0.2) is 0 Å². The summed E-state index contributed by atoms with van der Waals surface area (Å²) in [5.41, 5.74) is 2.37. The number of benzene rings is 2. The highest BCUT2D eigenvalue weighted by atomic mass is 16.7. The fourth-order valence-electron chi connectivity index (χ4n) is 3.51. The third-order valence-electron chi connectivity index (χ3n) is 4.94. The molecule has 3 unspecified atom stereocenters. The Kier molecular flexibility index (Phi) is 4.93. The molecule has 4 rings (SSSR count). The number of hydrogen-bond acceptors (Lipinski definition) is 3. The topological polar surface area (TPSA) is 31.0 Å². The lowest BCUT2D eigenvalue weighted by Crippen LogP contribution is -2.31. The quantitative estimate of drug-likeness (QED) is 0.561. The summed E-state index contributed by atoms with van der Waals surface area (Å²) in [5, 5.41) is 0. The van der Waals surface area contributed by atoms with Crippen molar-refractivity contribution < 1.29 is 14.2 Å². The standard InChI is InChI=1S/C21H24O3/c1-3-7-16(8-4-1)14-22-21(18-11-12-19-20(13-18)24-19)23-15-17-9-5-2-6-10-17/h1-10,18-21H,11-15H2. The van der Waals surface area contributed by atoms with Crippen LogP contribution in [-0.4, -0.2) is 18.5 Å². The van der Waals surface area contributed by atoms with Crippen LogP contribution in [0.15, 0.2) is 60.7 Å². The first kappa shape index (κ1) is 15.8. The second-order valence-corrected chi connectivity index (χ2v) is 6.75. The van der Waals surface area contributed by atoms with Gasteiger partial charge in [0, 0.05) is 5.92 Å². The van der Waals surface area contributed by atoms with E-state index in [9.17, 15) is 0 Å². The molecule has 0 spiro atoms. The zero-order chi connectivity index (χ0) is 16.2. The van der Waals surface area contributed by atoms with Crippen LogP contribution < -0.4 is 0 Å². The normalized spacial score (nSPS) is 25.5. The molecule has 0 aromatic heterocycles. The fraction of sp³-hybridized carbons (Fsp3) is 0.429. The molecule has 2 fully saturated rings. The van der Waals surface area contributed by atoms with E-state index in [0.717, 1.165) is 19.3 Å². The molecule has 1 saturated heterocycles. The van der Waals surface area contributed by atoms with Crippen molar-refractivity contribution in [2.45, 2.75) is 51.0 Å². The van der Waals surface area contributed by atoms with Crippen molar-refractivity contribution in [1.29, 1.82) is 0 Å². The van der Waals surface area contributed by atoms with Crippen LogP contribution in [0.2, 0.25) is 0 Å². The molecule has 0 bridgehead atoms. The van der Waals surface area contributed by atoms with Gasteiger partial charge in [0.1, 0.15) is 0 Å². The Hall–Kier alpha value is -1.68. The van der Waals surface area contributed by atoms with Crippen molar-refractivity contribution in [2.75, 3.05) is 0 Å². The molecule has 1 aliphatic heterocycles. The SMILES string of the molecule is c1ccc(COC(OCc2ccccc2)C2CCC3OC3C2)cc1. The number of fused-ring (bicyclic) bond motifs is 1. The number of rotatable bonds is 7. The molecule has 0 radical (unpaired) electrons. The summed E-state index contributed by atoms with van der Waals surface area (Å²) in [5.74, 6) is 0.418. The summed E-state index contributed by atoms with van der Waals surface area (Å²) >= 11 is 0. The second-order valence-electron chi connectivity index (χ2n) is 6.75. The molecule has 1 aliphatic carbocycles. The summed E-state index contributed by atoms with van der Waals surface area (Å²) < 4.78 is 18.0. The molecule has 1 heterocycles. The van der Waals surface area contributed by atoms with Crippen LogP contribution in [0.1, 0.15) is 30.4 Å². The zero-order valence-electron chi connectivity index (χ0n) is 13.8. The molecule has 3 atom stereocenters. The lowest BCUT2D eigenvalue weighted by Gasteiger charge is -2.29. The van der Waals surface area contributed by atoms with E-state index in [1.807, 2.05) is 36.4 Å². The Morgan fingerprint density at radius 1 is 0.792 bits per heavy atom. The lowest BCUT2D eigenvalue weighted by atomic mass is 9.89. The van der Waals surface area contributed by atoms with E-state index in [2.05, 4.69) is 24.3 Å². The summed E-state index contributed by atoms with van der Waals surface area (Å²) in [4.78, 5) is 0. The van der Waals surface area contributed by atoms with Crippen molar-refractivity contribution in [3.63, 3.8) is 0 Å². The molecular weight excluding hydrogens is 300 g/mol. The smallest absolute Gasteiger partial charge is 0.161 e. The Bertz CT molecular complexity index is 585. The third kappa shape index (κ3) is 4.04. The van der Waals surface area contributed by atoms with Crippen LogP contribution in [0.3, 0.4) is 0 Å². The predicted octanol–water partition coefficient (Wildman–Crippen LogP) is 4.31. The van der Waals surface area contributed by atoms with Gasteiger partial charge in [0.15, 0.2) is 6.29 Å². The van der Waals surface area contributed by atoms with Crippen molar-refractivity contribution in [3.05, 3.63) is 71.8 Å². The van der Waals surface area contributed by atoms with E-state index in [0.29, 0.717) is 31.3 Å². The first-order valence-corrected chi connectivity index (χ1v) is 8.85. The summed E-state index contributed by atoms with van der Waals surface area (Å²) in [6.45, 7) is 1.18. The molecule has 126 valence electrons. The average molecular weight is 324 g/mol. The maximum Gasteiger partial charge on any atom is 0.161 e. The van der Waals surface area contributed by atoms with Crippen molar-refractivity contribution >= 4 is 0 Å². The molecule has 1 saturated carbocycles. The van der Waals surface area contributed by atoms with E-state index in [1.165, 1.54) is 11.1 Å². The monoisotopic (exact) mass is 324 g/mol. The van der Waals surface area contributed by atoms with Gasteiger partial charge in [-0.2, -0.15) is 0 Å². The molecule has 3 nitrogen and oxygen atoms in total. The van der Waals surface area contributed by atoms with Crippen LogP contribution in [-0.2, 0) is 27.4 Å². The minimum atomic E-state index is -0.171. The third-order valence-corrected chi connectivity index (χ3v) is 4.94. The molecule has 2 aromatic carbocycles. The Labute approximate surface area is 143 Å². The largest absolute Gasteiger partial charge is 0.370 e. The number of hydrogen-bond donors (Lipinski definition) is 0. The van der Waals surface area contributed by atoms with Gasteiger partial charge in [0.25, 0.3) is 0 Å². The molecule has 0 N–H and O–H groups in total. The molecule has 3 heteroatoms. The van der Waals surface area contributed by atoms with Gasteiger partial charge < -0.3 is 14.2 Å². The summed E-state index contributed by atoms with van der Waals surface area (Å²) in [6.07, 6.45) is 4.08. The summed E-state index contributed by atoms with van der Waals surface area (Å²) in [7, 11) is 0. The van der Waals surface area contributed by atoms with Crippen LogP contribution >= 0.6 is 0 Å². The molecule has 2 aromatic rings. The Morgan fingerprint density at radius 3 is 1.92 bits per heavy atom. The van der Waals surface area contributed by atoms with Gasteiger partial charge >= 0.3 is 0 Å². The highest BCUT2D eigenvalue weighted by Crippen LogP contribution is 2.41. The summed E-state index contributed by atoms with van der Waals surface area (Å²) in [6, 6.07) is 20.6. The van der Waals surface area contributed by atoms with E-state index < -0.39 is 0 Å². The molecular formula is C21H24O3. The Balaban J connectivity index is 1.38. The van der Waals surface area contributed by atoms with Crippen LogP contribution in [0.25, 0.3) is 0 Å².